The molecular weight excluding hydrogens is 394 g/mol. The molecule has 2 aromatic heterocycles. The fourth-order valence-corrected chi connectivity index (χ4v) is 4.53. The molecule has 1 aromatic carbocycles. The molecule has 1 amide bonds. The predicted molar refractivity (Wildman–Crippen MR) is 118 cm³/mol. The SMILES string of the molecule is Cc1nn(-c2ccccc2)c(C)c1NC(=O)CSc1nc2c(cc1C#N)CCCC2. The van der Waals surface area contributed by atoms with Gasteiger partial charge in [-0.15, -0.1) is 0 Å². The highest BCUT2D eigenvalue weighted by Gasteiger charge is 2.18. The second-order valence-corrected chi connectivity index (χ2v) is 8.36. The molecule has 1 aliphatic carbocycles. The Kier molecular flexibility index (Phi) is 5.86. The van der Waals surface area contributed by atoms with E-state index in [1.807, 2.05) is 54.9 Å². The van der Waals surface area contributed by atoms with Crippen LogP contribution in [0.15, 0.2) is 41.4 Å². The van der Waals surface area contributed by atoms with E-state index in [4.69, 9.17) is 0 Å². The standard InChI is InChI=1S/C23H23N5OS/c1-15-22(16(2)28(27-15)19-9-4-3-5-10-19)26-21(29)14-30-23-18(13-24)12-17-8-6-7-11-20(17)25-23/h3-5,9-10,12H,6-8,11,14H2,1-2H3,(H,26,29). The van der Waals surface area contributed by atoms with Crippen molar-refractivity contribution in [2.45, 2.75) is 44.6 Å². The van der Waals surface area contributed by atoms with Crippen LogP contribution in [0, 0.1) is 25.2 Å². The Morgan fingerprint density at radius 3 is 2.77 bits per heavy atom. The molecule has 0 aliphatic heterocycles. The van der Waals surface area contributed by atoms with Gasteiger partial charge in [-0.1, -0.05) is 30.0 Å². The maximum atomic E-state index is 12.6. The highest BCUT2D eigenvalue weighted by Crippen LogP contribution is 2.28. The van der Waals surface area contributed by atoms with Crippen LogP contribution >= 0.6 is 11.8 Å². The number of hydrogen-bond donors (Lipinski definition) is 1. The highest BCUT2D eigenvalue weighted by atomic mass is 32.2. The van der Waals surface area contributed by atoms with Crippen LogP contribution in [0.5, 0.6) is 0 Å². The largest absolute Gasteiger partial charge is 0.322 e. The van der Waals surface area contributed by atoms with Gasteiger partial charge in [0.1, 0.15) is 11.1 Å². The fourth-order valence-electron chi connectivity index (χ4n) is 3.76. The molecule has 0 saturated carbocycles. The highest BCUT2D eigenvalue weighted by molar-refractivity contribution is 8.00. The molecule has 0 atom stereocenters. The van der Waals surface area contributed by atoms with Crippen molar-refractivity contribution >= 4 is 23.4 Å². The molecule has 3 aromatic rings. The monoisotopic (exact) mass is 417 g/mol. The van der Waals surface area contributed by atoms with Crippen molar-refractivity contribution in [1.82, 2.24) is 14.8 Å². The zero-order valence-electron chi connectivity index (χ0n) is 17.1. The predicted octanol–water partition coefficient (Wildman–Crippen LogP) is 4.37. The minimum Gasteiger partial charge on any atom is -0.322 e. The maximum Gasteiger partial charge on any atom is 0.234 e. The van der Waals surface area contributed by atoms with E-state index in [1.165, 1.54) is 17.3 Å². The summed E-state index contributed by atoms with van der Waals surface area (Å²) in [6.45, 7) is 3.82. The van der Waals surface area contributed by atoms with Gasteiger partial charge in [-0.3, -0.25) is 4.79 Å². The van der Waals surface area contributed by atoms with Crippen LogP contribution in [0.1, 0.15) is 41.1 Å². The normalized spacial score (nSPS) is 12.8. The van der Waals surface area contributed by atoms with Gasteiger partial charge in [0.25, 0.3) is 0 Å². The molecule has 0 spiro atoms. The average Bonchev–Trinajstić information content (AvgIpc) is 3.05. The quantitative estimate of drug-likeness (QED) is 0.624. The van der Waals surface area contributed by atoms with Gasteiger partial charge in [-0.25, -0.2) is 9.67 Å². The third kappa shape index (κ3) is 4.10. The zero-order chi connectivity index (χ0) is 21.1. The van der Waals surface area contributed by atoms with Gasteiger partial charge in [0.15, 0.2) is 0 Å². The topological polar surface area (TPSA) is 83.6 Å². The molecule has 7 heteroatoms. The molecular formula is C23H23N5OS. The first-order chi connectivity index (χ1) is 14.6. The second-order valence-electron chi connectivity index (χ2n) is 7.40. The summed E-state index contributed by atoms with van der Waals surface area (Å²) in [5.74, 6) is 0.0535. The molecule has 2 heterocycles. The summed E-state index contributed by atoms with van der Waals surface area (Å²) < 4.78 is 1.83. The summed E-state index contributed by atoms with van der Waals surface area (Å²) in [6.07, 6.45) is 4.19. The third-order valence-corrected chi connectivity index (χ3v) is 6.27. The minimum atomic E-state index is -0.137. The molecule has 0 radical (unpaired) electrons. The number of aromatic nitrogens is 3. The van der Waals surface area contributed by atoms with E-state index in [-0.39, 0.29) is 11.7 Å². The number of nitrogens with zero attached hydrogens (tertiary/aromatic N) is 4. The fraction of sp³-hybridized carbons (Fsp3) is 0.304. The minimum absolute atomic E-state index is 0.137. The number of carbonyl (C=O) groups excluding carboxylic acids is 1. The number of nitrogens with one attached hydrogen (secondary N) is 1. The Morgan fingerprint density at radius 2 is 2.00 bits per heavy atom. The first-order valence-corrected chi connectivity index (χ1v) is 11.0. The number of aryl methyl sites for hydroxylation is 3. The van der Waals surface area contributed by atoms with Crippen LogP contribution in [-0.4, -0.2) is 26.4 Å². The van der Waals surface area contributed by atoms with Crippen LogP contribution < -0.4 is 5.32 Å². The number of anilines is 1. The van der Waals surface area contributed by atoms with Gasteiger partial charge in [0, 0.05) is 5.69 Å². The smallest absolute Gasteiger partial charge is 0.234 e. The molecule has 0 fully saturated rings. The molecule has 0 bridgehead atoms. The third-order valence-electron chi connectivity index (χ3n) is 5.28. The van der Waals surface area contributed by atoms with Crippen LogP contribution in [0.4, 0.5) is 5.69 Å². The zero-order valence-corrected chi connectivity index (χ0v) is 17.9. The van der Waals surface area contributed by atoms with E-state index >= 15 is 0 Å². The first kappa shape index (κ1) is 20.2. The lowest BCUT2D eigenvalue weighted by Crippen LogP contribution is -2.16. The van der Waals surface area contributed by atoms with E-state index in [0.717, 1.165) is 54.1 Å². The lowest BCUT2D eigenvalue weighted by Gasteiger charge is -2.16. The van der Waals surface area contributed by atoms with Crippen LogP contribution in [0.2, 0.25) is 0 Å². The van der Waals surface area contributed by atoms with Crippen LogP contribution in [0.3, 0.4) is 0 Å². The molecule has 4 rings (SSSR count). The molecule has 1 N–H and O–H groups in total. The van der Waals surface area contributed by atoms with Crippen molar-refractivity contribution < 1.29 is 4.79 Å². The number of carbonyl (C=O) groups is 1. The van der Waals surface area contributed by atoms with E-state index in [0.29, 0.717) is 10.6 Å². The molecule has 0 saturated heterocycles. The summed E-state index contributed by atoms with van der Waals surface area (Å²) in [6, 6.07) is 14.0. The van der Waals surface area contributed by atoms with Crippen molar-refractivity contribution in [3.63, 3.8) is 0 Å². The van der Waals surface area contributed by atoms with Crippen molar-refractivity contribution in [3.8, 4) is 11.8 Å². The van der Waals surface area contributed by atoms with Crippen molar-refractivity contribution in [2.24, 2.45) is 0 Å². The Labute approximate surface area is 180 Å². The number of pyridine rings is 1. The number of rotatable bonds is 5. The van der Waals surface area contributed by atoms with Crippen molar-refractivity contribution in [1.29, 1.82) is 5.26 Å². The summed E-state index contributed by atoms with van der Waals surface area (Å²) in [7, 11) is 0. The van der Waals surface area contributed by atoms with E-state index < -0.39 is 0 Å². The molecule has 0 unspecified atom stereocenters. The Balaban J connectivity index is 1.48. The number of amides is 1. The number of benzene rings is 1. The Hall–Kier alpha value is -3.11. The summed E-state index contributed by atoms with van der Waals surface area (Å²) >= 11 is 1.31. The van der Waals surface area contributed by atoms with Gasteiger partial charge in [-0.05, 0) is 63.3 Å². The molecule has 30 heavy (non-hydrogen) atoms. The number of nitriles is 1. The number of hydrogen-bond acceptors (Lipinski definition) is 5. The van der Waals surface area contributed by atoms with Crippen LogP contribution in [-0.2, 0) is 17.6 Å². The van der Waals surface area contributed by atoms with Crippen molar-refractivity contribution in [3.05, 3.63) is 64.6 Å². The Morgan fingerprint density at radius 1 is 1.23 bits per heavy atom. The summed E-state index contributed by atoms with van der Waals surface area (Å²) in [4.78, 5) is 17.3. The van der Waals surface area contributed by atoms with Crippen molar-refractivity contribution in [2.75, 3.05) is 11.1 Å². The lowest BCUT2D eigenvalue weighted by molar-refractivity contribution is -0.113. The van der Waals surface area contributed by atoms with Gasteiger partial charge < -0.3 is 5.32 Å². The molecule has 152 valence electrons. The van der Waals surface area contributed by atoms with E-state index in [9.17, 15) is 10.1 Å². The van der Waals surface area contributed by atoms with E-state index in [2.05, 4.69) is 21.5 Å². The number of para-hydroxylation sites is 1. The van der Waals surface area contributed by atoms with E-state index in [1.54, 1.807) is 0 Å². The van der Waals surface area contributed by atoms with Gasteiger partial charge in [0.2, 0.25) is 5.91 Å². The van der Waals surface area contributed by atoms with Gasteiger partial charge >= 0.3 is 0 Å². The Bertz CT molecular complexity index is 1130. The van der Waals surface area contributed by atoms with Gasteiger partial charge in [0.05, 0.1) is 34.1 Å². The summed E-state index contributed by atoms with van der Waals surface area (Å²) in [5, 5.41) is 17.7. The first-order valence-electron chi connectivity index (χ1n) is 10.0. The van der Waals surface area contributed by atoms with Gasteiger partial charge in [-0.2, -0.15) is 10.4 Å². The number of thioether (sulfide) groups is 1. The average molecular weight is 418 g/mol. The molecule has 1 aliphatic rings. The lowest BCUT2D eigenvalue weighted by atomic mass is 9.95. The maximum absolute atomic E-state index is 12.6. The second kappa shape index (κ2) is 8.72. The number of fused-ring (bicyclic) bond motifs is 1. The van der Waals surface area contributed by atoms with Crippen LogP contribution in [0.25, 0.3) is 5.69 Å². The molecule has 6 nitrogen and oxygen atoms in total. The summed E-state index contributed by atoms with van der Waals surface area (Å²) in [5.41, 5.74) is 6.11.